The Hall–Kier alpha value is -1.32. The lowest BCUT2D eigenvalue weighted by molar-refractivity contribution is -0.719. The third kappa shape index (κ3) is 2.26. The first-order chi connectivity index (χ1) is 7.52. The molecule has 0 aliphatic heterocycles. The summed E-state index contributed by atoms with van der Waals surface area (Å²) in [6.07, 6.45) is 3.77. The third-order valence-electron chi connectivity index (χ3n) is 2.88. The van der Waals surface area contributed by atoms with E-state index >= 15 is 0 Å². The standard InChI is InChI=1S/C12H20N2O2/c1-5-7-13-9(3)8-14(11(13)6-2)10(4)12(15)16/h8,10H,5-7H2,1-4H3. The predicted octanol–water partition coefficient (Wildman–Crippen LogP) is 0.367. The number of hydrogen-bond acceptors (Lipinski definition) is 2. The highest BCUT2D eigenvalue weighted by atomic mass is 16.4. The van der Waals surface area contributed by atoms with Crippen LogP contribution in [0.4, 0.5) is 0 Å². The van der Waals surface area contributed by atoms with E-state index in [0.29, 0.717) is 0 Å². The second-order valence-electron chi connectivity index (χ2n) is 4.09. The molecule has 1 unspecified atom stereocenters. The second-order valence-corrected chi connectivity index (χ2v) is 4.09. The van der Waals surface area contributed by atoms with Gasteiger partial charge in [-0.1, -0.05) is 13.8 Å². The van der Waals surface area contributed by atoms with Crippen LogP contribution in [-0.4, -0.2) is 10.5 Å². The summed E-state index contributed by atoms with van der Waals surface area (Å²) in [7, 11) is 0. The highest BCUT2D eigenvalue weighted by Gasteiger charge is 2.23. The van der Waals surface area contributed by atoms with E-state index in [4.69, 9.17) is 0 Å². The number of aliphatic carboxylic acids is 1. The lowest BCUT2D eigenvalue weighted by Gasteiger charge is -2.11. The molecule has 0 aliphatic carbocycles. The summed E-state index contributed by atoms with van der Waals surface area (Å²) in [6.45, 7) is 8.75. The molecule has 0 saturated carbocycles. The number of nitrogens with zero attached hydrogens (tertiary/aromatic N) is 2. The first-order valence-electron chi connectivity index (χ1n) is 5.83. The van der Waals surface area contributed by atoms with Crippen molar-refractivity contribution in [1.29, 1.82) is 0 Å². The molecule has 4 heteroatoms. The van der Waals surface area contributed by atoms with Crippen molar-refractivity contribution in [2.24, 2.45) is 0 Å². The molecule has 0 aliphatic rings. The lowest BCUT2D eigenvalue weighted by atomic mass is 10.3. The van der Waals surface area contributed by atoms with Crippen molar-refractivity contribution in [1.82, 2.24) is 4.57 Å². The molecule has 1 aromatic heterocycles. The van der Waals surface area contributed by atoms with Gasteiger partial charge in [0.2, 0.25) is 0 Å². The van der Waals surface area contributed by atoms with Gasteiger partial charge in [-0.2, -0.15) is 0 Å². The Morgan fingerprint density at radius 3 is 2.62 bits per heavy atom. The molecular formula is C12H20N2O2. The van der Waals surface area contributed by atoms with Crippen LogP contribution in [0.25, 0.3) is 0 Å². The molecule has 1 rings (SSSR count). The maximum absolute atomic E-state index is 10.9. The molecule has 0 saturated heterocycles. The number of carboxylic acids is 1. The number of carbonyl (C=O) groups is 1. The largest absolute Gasteiger partial charge is 0.546 e. The first kappa shape index (κ1) is 12.7. The SMILES string of the molecule is CCCn1c(C)c[n+](C(C)C(=O)[O-])c1CC. The van der Waals surface area contributed by atoms with Gasteiger partial charge in [-0.05, 0) is 13.3 Å². The van der Waals surface area contributed by atoms with Crippen LogP contribution in [0.15, 0.2) is 6.20 Å². The summed E-state index contributed by atoms with van der Waals surface area (Å²) < 4.78 is 3.99. The number of carbonyl (C=O) groups excluding carboxylic acids is 1. The van der Waals surface area contributed by atoms with Crippen LogP contribution in [-0.2, 0) is 17.8 Å². The average molecular weight is 224 g/mol. The summed E-state index contributed by atoms with van der Waals surface area (Å²) in [5.74, 6) is 0.0180. The van der Waals surface area contributed by atoms with E-state index in [0.717, 1.165) is 30.9 Å². The Balaban J connectivity index is 3.19. The van der Waals surface area contributed by atoms with Gasteiger partial charge in [0.25, 0.3) is 5.82 Å². The van der Waals surface area contributed by atoms with Gasteiger partial charge in [-0.15, -0.1) is 0 Å². The van der Waals surface area contributed by atoms with Crippen LogP contribution in [0.2, 0.25) is 0 Å². The molecule has 0 N–H and O–H groups in total. The van der Waals surface area contributed by atoms with Gasteiger partial charge in [-0.25, -0.2) is 9.13 Å². The smallest absolute Gasteiger partial charge is 0.256 e. The van der Waals surface area contributed by atoms with Gasteiger partial charge in [-0.3, -0.25) is 0 Å². The van der Waals surface area contributed by atoms with Crippen molar-refractivity contribution in [3.63, 3.8) is 0 Å². The minimum absolute atomic E-state index is 0.605. The van der Waals surface area contributed by atoms with E-state index in [-0.39, 0.29) is 0 Å². The summed E-state index contributed by atoms with van der Waals surface area (Å²) in [5.41, 5.74) is 1.10. The van der Waals surface area contributed by atoms with Crippen LogP contribution < -0.4 is 9.67 Å². The number of imidazole rings is 1. The Morgan fingerprint density at radius 1 is 1.56 bits per heavy atom. The minimum Gasteiger partial charge on any atom is -0.546 e. The van der Waals surface area contributed by atoms with E-state index < -0.39 is 12.0 Å². The van der Waals surface area contributed by atoms with Gasteiger partial charge in [0.1, 0.15) is 17.9 Å². The summed E-state index contributed by atoms with van der Waals surface area (Å²) in [5, 5.41) is 10.9. The van der Waals surface area contributed by atoms with Crippen molar-refractivity contribution in [3.05, 3.63) is 17.7 Å². The number of aryl methyl sites for hydroxylation is 1. The normalized spacial score (nSPS) is 12.8. The molecule has 0 bridgehead atoms. The zero-order chi connectivity index (χ0) is 12.3. The third-order valence-corrected chi connectivity index (χ3v) is 2.88. The molecule has 4 nitrogen and oxygen atoms in total. The van der Waals surface area contributed by atoms with E-state index in [9.17, 15) is 9.90 Å². The molecule has 0 fully saturated rings. The average Bonchev–Trinajstić information content (AvgIpc) is 2.55. The van der Waals surface area contributed by atoms with Crippen molar-refractivity contribution in [3.8, 4) is 0 Å². The van der Waals surface area contributed by atoms with Crippen molar-refractivity contribution in [2.45, 2.75) is 53.1 Å². The fourth-order valence-electron chi connectivity index (χ4n) is 2.04. The highest BCUT2D eigenvalue weighted by molar-refractivity contribution is 5.66. The molecule has 0 aromatic carbocycles. The first-order valence-corrected chi connectivity index (χ1v) is 5.83. The van der Waals surface area contributed by atoms with Crippen LogP contribution in [0, 0.1) is 6.92 Å². The summed E-state index contributed by atoms with van der Waals surface area (Å²) >= 11 is 0. The lowest BCUT2D eigenvalue weighted by Crippen LogP contribution is -2.49. The van der Waals surface area contributed by atoms with Crippen LogP contribution in [0.3, 0.4) is 0 Å². The Labute approximate surface area is 96.5 Å². The molecule has 0 spiro atoms. The second kappa shape index (κ2) is 5.14. The Morgan fingerprint density at radius 2 is 2.19 bits per heavy atom. The van der Waals surface area contributed by atoms with E-state index in [1.54, 1.807) is 11.5 Å². The van der Waals surface area contributed by atoms with Gasteiger partial charge >= 0.3 is 0 Å². The van der Waals surface area contributed by atoms with Crippen LogP contribution in [0.1, 0.15) is 44.8 Å². The van der Waals surface area contributed by atoms with Crippen molar-refractivity contribution in [2.75, 3.05) is 0 Å². The molecule has 90 valence electrons. The van der Waals surface area contributed by atoms with Crippen molar-refractivity contribution >= 4 is 5.97 Å². The number of aromatic nitrogens is 2. The number of rotatable bonds is 5. The maximum Gasteiger partial charge on any atom is 0.256 e. The molecule has 1 aromatic rings. The molecule has 0 amide bonds. The Bertz CT molecular complexity index is 383. The van der Waals surface area contributed by atoms with Crippen LogP contribution >= 0.6 is 0 Å². The fraction of sp³-hybridized carbons (Fsp3) is 0.667. The van der Waals surface area contributed by atoms with E-state index in [1.165, 1.54) is 0 Å². The van der Waals surface area contributed by atoms with Gasteiger partial charge < -0.3 is 9.90 Å². The van der Waals surface area contributed by atoms with Gasteiger partial charge in [0.05, 0.1) is 12.5 Å². The zero-order valence-corrected chi connectivity index (χ0v) is 10.5. The number of hydrogen-bond donors (Lipinski definition) is 0. The predicted molar refractivity (Wildman–Crippen MR) is 58.8 cm³/mol. The minimum atomic E-state index is -1.03. The molecule has 1 atom stereocenters. The van der Waals surface area contributed by atoms with E-state index in [1.807, 2.05) is 20.0 Å². The summed E-state index contributed by atoms with van der Waals surface area (Å²) in [6, 6.07) is -0.605. The summed E-state index contributed by atoms with van der Waals surface area (Å²) in [4.78, 5) is 10.9. The number of carboxylic acid groups (broad SMARTS) is 1. The monoisotopic (exact) mass is 224 g/mol. The van der Waals surface area contributed by atoms with Crippen molar-refractivity contribution < 1.29 is 14.5 Å². The van der Waals surface area contributed by atoms with Gasteiger partial charge in [0.15, 0.2) is 0 Å². The topological polar surface area (TPSA) is 48.9 Å². The quantitative estimate of drug-likeness (QED) is 0.678. The zero-order valence-electron chi connectivity index (χ0n) is 10.5. The van der Waals surface area contributed by atoms with Gasteiger partial charge in [0, 0.05) is 13.3 Å². The Kier molecular flexibility index (Phi) is 4.10. The highest BCUT2D eigenvalue weighted by Crippen LogP contribution is 2.08. The molecule has 16 heavy (non-hydrogen) atoms. The molecule has 0 radical (unpaired) electrons. The maximum atomic E-state index is 10.9. The molecular weight excluding hydrogens is 204 g/mol. The van der Waals surface area contributed by atoms with Crippen LogP contribution in [0.5, 0.6) is 0 Å². The van der Waals surface area contributed by atoms with E-state index in [2.05, 4.69) is 11.5 Å². The molecule has 1 heterocycles. The fourth-order valence-corrected chi connectivity index (χ4v) is 2.04.